The van der Waals surface area contributed by atoms with Crippen molar-refractivity contribution in [3.05, 3.63) is 29.3 Å². The lowest BCUT2D eigenvalue weighted by Crippen LogP contribution is -2.67. The number of piperidine rings is 1. The number of carbonyl (C=O) groups is 1. The molecular weight excluding hydrogens is 672 g/mol. The first-order valence-corrected chi connectivity index (χ1v) is 20.1. The highest BCUT2D eigenvalue weighted by atomic mass is 19.1. The van der Waals surface area contributed by atoms with Gasteiger partial charge < -0.3 is 35.0 Å². The molecule has 11 nitrogen and oxygen atoms in total. The van der Waals surface area contributed by atoms with Gasteiger partial charge in [-0.2, -0.15) is 0 Å². The topological polar surface area (TPSA) is 130 Å². The number of rotatable bonds is 17. The van der Waals surface area contributed by atoms with Crippen LogP contribution in [0.4, 0.5) is 8.78 Å². The normalized spacial score (nSPS) is 25.0. The Kier molecular flexibility index (Phi) is 16.4. The number of likely N-dealkylation sites (tertiary alicyclic amines) is 2. The largest absolute Gasteiger partial charge is 0.493 e. The second kappa shape index (κ2) is 20.6. The summed E-state index contributed by atoms with van der Waals surface area (Å²) in [7, 11) is 0. The molecule has 52 heavy (non-hydrogen) atoms. The molecule has 0 spiro atoms. The van der Waals surface area contributed by atoms with Crippen LogP contribution in [0.3, 0.4) is 0 Å². The summed E-state index contributed by atoms with van der Waals surface area (Å²) >= 11 is 0. The Morgan fingerprint density at radius 2 is 1.58 bits per heavy atom. The SMILES string of the molecule is CCOC1CNC(N2CCC(CCCOc3cc(F)c(CC(=O)N4CC[C@@H](CNC(CO)(CO)CO)C4)c(F)c3)CC2)N(C2CCCCCCC2)C1. The average molecular weight is 738 g/mol. The molecule has 5 N–H and O–H groups in total. The number of ether oxygens (including phenoxy) is 2. The Balaban J connectivity index is 1.03. The smallest absolute Gasteiger partial charge is 0.227 e. The molecular formula is C39H65F2N5O6. The van der Waals surface area contributed by atoms with Crippen molar-refractivity contribution in [1.82, 2.24) is 25.3 Å². The summed E-state index contributed by atoms with van der Waals surface area (Å²) in [5.41, 5.74) is -1.46. The molecule has 296 valence electrons. The number of benzene rings is 1. The number of nitrogens with one attached hydrogen (secondary N) is 2. The second-order valence-electron chi connectivity index (χ2n) is 15.7. The van der Waals surface area contributed by atoms with Crippen molar-refractivity contribution in [3.63, 3.8) is 0 Å². The van der Waals surface area contributed by atoms with E-state index in [4.69, 9.17) is 9.47 Å². The average Bonchev–Trinajstić information content (AvgIpc) is 3.62. The van der Waals surface area contributed by atoms with Gasteiger partial charge in [-0.05, 0) is 63.7 Å². The van der Waals surface area contributed by atoms with Crippen molar-refractivity contribution in [2.24, 2.45) is 11.8 Å². The molecule has 4 fully saturated rings. The van der Waals surface area contributed by atoms with Gasteiger partial charge in [-0.3, -0.25) is 19.9 Å². The van der Waals surface area contributed by atoms with Crippen LogP contribution in [-0.2, 0) is 16.0 Å². The van der Waals surface area contributed by atoms with E-state index in [0.29, 0.717) is 44.6 Å². The van der Waals surface area contributed by atoms with Gasteiger partial charge in [-0.15, -0.1) is 0 Å². The maximum Gasteiger partial charge on any atom is 0.227 e. The molecule has 3 heterocycles. The van der Waals surface area contributed by atoms with Crippen LogP contribution in [0.15, 0.2) is 12.1 Å². The van der Waals surface area contributed by atoms with Crippen molar-refractivity contribution >= 4 is 5.91 Å². The minimum absolute atomic E-state index is 0.0276. The number of halogens is 2. The van der Waals surface area contributed by atoms with E-state index in [1.807, 2.05) is 0 Å². The van der Waals surface area contributed by atoms with E-state index in [-0.39, 0.29) is 42.0 Å². The third kappa shape index (κ3) is 11.3. The summed E-state index contributed by atoms with van der Waals surface area (Å²) in [4.78, 5) is 19.9. The Hall–Kier alpha value is -1.97. The molecule has 0 radical (unpaired) electrons. The van der Waals surface area contributed by atoms with Gasteiger partial charge in [0.1, 0.15) is 23.7 Å². The number of hydrogen-bond donors (Lipinski definition) is 5. The summed E-state index contributed by atoms with van der Waals surface area (Å²) in [5.74, 6) is -1.18. The van der Waals surface area contributed by atoms with Crippen molar-refractivity contribution < 1.29 is 38.4 Å². The minimum atomic E-state index is -1.19. The quantitative estimate of drug-likeness (QED) is 0.152. The third-order valence-electron chi connectivity index (χ3n) is 12.0. The molecule has 1 saturated carbocycles. The molecule has 1 amide bonds. The van der Waals surface area contributed by atoms with Gasteiger partial charge in [0.25, 0.3) is 0 Å². The first-order valence-electron chi connectivity index (χ1n) is 20.1. The Bertz CT molecular complexity index is 1200. The Morgan fingerprint density at radius 3 is 2.23 bits per heavy atom. The van der Waals surface area contributed by atoms with Crippen molar-refractivity contribution in [1.29, 1.82) is 0 Å². The number of aliphatic hydroxyl groups is 3. The number of carbonyl (C=O) groups excluding carboxylic acids is 1. The fourth-order valence-electron chi connectivity index (χ4n) is 8.60. The Morgan fingerprint density at radius 1 is 0.923 bits per heavy atom. The minimum Gasteiger partial charge on any atom is -0.493 e. The van der Waals surface area contributed by atoms with Gasteiger partial charge in [0.05, 0.1) is 44.5 Å². The molecule has 3 atom stereocenters. The highest BCUT2D eigenvalue weighted by Crippen LogP contribution is 2.30. The van der Waals surface area contributed by atoms with Crippen LogP contribution in [-0.4, -0.2) is 139 Å². The van der Waals surface area contributed by atoms with Crippen molar-refractivity contribution in [2.45, 2.75) is 114 Å². The highest BCUT2D eigenvalue weighted by molar-refractivity contribution is 5.79. The fourth-order valence-corrected chi connectivity index (χ4v) is 8.60. The van der Waals surface area contributed by atoms with Gasteiger partial charge in [-0.25, -0.2) is 8.78 Å². The zero-order valence-electron chi connectivity index (χ0n) is 31.4. The standard InChI is InChI=1S/C39H65F2N5O6/c1-2-51-33-23-42-38(46(25-33)31-10-6-4-3-5-7-11-31)44-15-12-29(13-16-44)9-8-18-52-32-19-35(40)34(36(41)20-32)21-37(50)45-17-14-30(24-45)22-43-39(26-47,27-48)28-49/h19-20,29-31,33,38,42-43,47-49H,2-18,21-28H2,1H3/t30-,33?,38?/m0/s1. The molecule has 5 rings (SSSR count). The van der Waals surface area contributed by atoms with Gasteiger partial charge in [0.15, 0.2) is 0 Å². The predicted octanol–water partition coefficient (Wildman–Crippen LogP) is 3.24. The van der Waals surface area contributed by atoms with Crippen LogP contribution in [0, 0.1) is 23.5 Å². The summed E-state index contributed by atoms with van der Waals surface area (Å²) < 4.78 is 41.9. The fraction of sp³-hybridized carbons (Fsp3) is 0.821. The lowest BCUT2D eigenvalue weighted by Gasteiger charge is -2.50. The first-order chi connectivity index (χ1) is 25.3. The number of nitrogens with zero attached hydrogens (tertiary/aromatic N) is 3. The molecule has 3 aliphatic heterocycles. The van der Waals surface area contributed by atoms with Gasteiger partial charge in [-0.1, -0.05) is 32.1 Å². The zero-order chi connectivity index (χ0) is 36.9. The maximum atomic E-state index is 15.0. The van der Waals surface area contributed by atoms with Crippen LogP contribution in [0.5, 0.6) is 5.75 Å². The van der Waals surface area contributed by atoms with Crippen LogP contribution in [0.25, 0.3) is 0 Å². The molecule has 1 aliphatic carbocycles. The summed E-state index contributed by atoms with van der Waals surface area (Å²) in [6.07, 6.45) is 14.1. The summed E-state index contributed by atoms with van der Waals surface area (Å²) in [6, 6.07) is 2.95. The van der Waals surface area contributed by atoms with E-state index in [9.17, 15) is 20.1 Å². The number of aliphatic hydroxyl groups excluding tert-OH is 3. The van der Waals surface area contributed by atoms with E-state index in [2.05, 4.69) is 27.4 Å². The first kappa shape index (κ1) is 41.2. The molecule has 4 aliphatic rings. The van der Waals surface area contributed by atoms with Gasteiger partial charge in [0.2, 0.25) is 5.91 Å². The molecule has 3 saturated heterocycles. The molecule has 2 unspecified atom stereocenters. The van der Waals surface area contributed by atoms with Gasteiger partial charge >= 0.3 is 0 Å². The second-order valence-corrected chi connectivity index (χ2v) is 15.7. The van der Waals surface area contributed by atoms with Crippen molar-refractivity contribution in [2.75, 3.05) is 78.8 Å². The van der Waals surface area contributed by atoms with E-state index in [1.54, 1.807) is 4.90 Å². The predicted molar refractivity (Wildman–Crippen MR) is 196 cm³/mol. The lowest BCUT2D eigenvalue weighted by atomic mass is 9.91. The molecule has 1 aromatic carbocycles. The molecule has 0 aromatic heterocycles. The van der Waals surface area contributed by atoms with Gasteiger partial charge in [0, 0.05) is 76.2 Å². The van der Waals surface area contributed by atoms with Crippen LogP contribution >= 0.6 is 0 Å². The molecule has 13 heteroatoms. The van der Waals surface area contributed by atoms with Crippen molar-refractivity contribution in [3.8, 4) is 5.75 Å². The zero-order valence-corrected chi connectivity index (χ0v) is 31.4. The molecule has 0 bridgehead atoms. The highest BCUT2D eigenvalue weighted by Gasteiger charge is 2.38. The number of hydrogen-bond acceptors (Lipinski definition) is 10. The van der Waals surface area contributed by atoms with Crippen LogP contribution in [0.1, 0.15) is 89.5 Å². The van der Waals surface area contributed by atoms with E-state index >= 15 is 8.78 Å². The van der Waals surface area contributed by atoms with Crippen LogP contribution < -0.4 is 15.4 Å². The van der Waals surface area contributed by atoms with E-state index < -0.39 is 37.0 Å². The third-order valence-corrected chi connectivity index (χ3v) is 12.0. The maximum absolute atomic E-state index is 15.0. The number of amides is 1. The van der Waals surface area contributed by atoms with E-state index in [0.717, 1.165) is 58.5 Å². The Labute approximate surface area is 309 Å². The molecule has 1 aromatic rings. The van der Waals surface area contributed by atoms with E-state index in [1.165, 1.54) is 57.1 Å². The summed E-state index contributed by atoms with van der Waals surface area (Å²) in [5, 5.41) is 35.4. The lowest BCUT2D eigenvalue weighted by molar-refractivity contribution is -0.129. The summed E-state index contributed by atoms with van der Waals surface area (Å²) in [6.45, 7) is 7.12. The van der Waals surface area contributed by atoms with Crippen LogP contribution in [0.2, 0.25) is 0 Å². The monoisotopic (exact) mass is 737 g/mol.